The maximum absolute atomic E-state index is 3.99. The second-order valence-electron chi connectivity index (χ2n) is 4.17. The van der Waals surface area contributed by atoms with Crippen LogP contribution in [0, 0.1) is 0 Å². The highest BCUT2D eigenvalue weighted by atomic mass is 14.9. The van der Waals surface area contributed by atoms with Gasteiger partial charge in [-0.15, -0.1) is 0 Å². The van der Waals surface area contributed by atoms with Gasteiger partial charge in [-0.2, -0.15) is 0 Å². The molecule has 0 amide bonds. The fourth-order valence-corrected chi connectivity index (χ4v) is 1.83. The zero-order valence-corrected chi connectivity index (χ0v) is 10.0. The Hall–Kier alpha value is -1.61. The summed E-state index contributed by atoms with van der Waals surface area (Å²) >= 11 is 0. The van der Waals surface area contributed by atoms with Gasteiger partial charge in [-0.25, -0.2) is 4.98 Å². The summed E-state index contributed by atoms with van der Waals surface area (Å²) in [5, 5.41) is 3.45. The summed E-state index contributed by atoms with van der Waals surface area (Å²) in [6.45, 7) is 2.08. The van der Waals surface area contributed by atoms with Crippen LogP contribution in [0.3, 0.4) is 0 Å². The number of rotatable bonds is 7. The van der Waals surface area contributed by atoms with Crippen molar-refractivity contribution in [3.05, 3.63) is 54.1 Å². The van der Waals surface area contributed by atoms with Gasteiger partial charge >= 0.3 is 0 Å². The zero-order chi connectivity index (χ0) is 11.8. The van der Waals surface area contributed by atoms with Crippen molar-refractivity contribution in [1.82, 2.24) is 15.3 Å². The Morgan fingerprint density at radius 3 is 2.71 bits per heavy atom. The highest BCUT2D eigenvalue weighted by Crippen LogP contribution is 2.01. The predicted molar refractivity (Wildman–Crippen MR) is 69.9 cm³/mol. The average Bonchev–Trinajstić information content (AvgIpc) is 2.88. The van der Waals surface area contributed by atoms with E-state index in [0.29, 0.717) is 0 Å². The summed E-state index contributed by atoms with van der Waals surface area (Å²) in [4.78, 5) is 7.10. The molecule has 0 atom stereocenters. The predicted octanol–water partition coefficient (Wildman–Crippen LogP) is 2.17. The normalized spacial score (nSPS) is 10.6. The lowest BCUT2D eigenvalue weighted by atomic mass is 10.1. The number of hydrogen-bond acceptors (Lipinski definition) is 2. The zero-order valence-electron chi connectivity index (χ0n) is 10.0. The Bertz CT molecular complexity index is 395. The van der Waals surface area contributed by atoms with Gasteiger partial charge in [0, 0.05) is 24.9 Å². The molecule has 2 aromatic rings. The molecule has 90 valence electrons. The van der Waals surface area contributed by atoms with Crippen LogP contribution in [0.15, 0.2) is 42.9 Å². The van der Waals surface area contributed by atoms with Crippen molar-refractivity contribution < 1.29 is 0 Å². The van der Waals surface area contributed by atoms with Gasteiger partial charge in [0.25, 0.3) is 0 Å². The van der Waals surface area contributed by atoms with Crippen molar-refractivity contribution in [2.45, 2.75) is 19.3 Å². The van der Waals surface area contributed by atoms with Crippen molar-refractivity contribution in [2.75, 3.05) is 13.1 Å². The largest absolute Gasteiger partial charge is 0.348 e. The summed E-state index contributed by atoms with van der Waals surface area (Å²) in [5.74, 6) is 0. The van der Waals surface area contributed by atoms with E-state index in [0.717, 1.165) is 25.9 Å². The molecule has 1 aromatic carbocycles. The van der Waals surface area contributed by atoms with Crippen molar-refractivity contribution in [3.63, 3.8) is 0 Å². The summed E-state index contributed by atoms with van der Waals surface area (Å²) in [6.07, 6.45) is 6.96. The van der Waals surface area contributed by atoms with Gasteiger partial charge in [-0.3, -0.25) is 0 Å². The lowest BCUT2D eigenvalue weighted by molar-refractivity contribution is 0.644. The number of aryl methyl sites for hydroxylation is 1. The Balaban J connectivity index is 1.52. The fraction of sp³-hybridized carbons (Fsp3) is 0.357. The number of H-pyrrole nitrogens is 1. The van der Waals surface area contributed by atoms with Crippen LogP contribution in [-0.4, -0.2) is 23.1 Å². The highest BCUT2D eigenvalue weighted by molar-refractivity contribution is 5.14. The molecule has 0 aliphatic carbocycles. The molecule has 2 rings (SSSR count). The van der Waals surface area contributed by atoms with Gasteiger partial charge in [-0.1, -0.05) is 30.3 Å². The first-order valence-electron chi connectivity index (χ1n) is 6.17. The summed E-state index contributed by atoms with van der Waals surface area (Å²) in [6, 6.07) is 10.6. The Morgan fingerprint density at radius 2 is 1.94 bits per heavy atom. The van der Waals surface area contributed by atoms with Crippen molar-refractivity contribution in [2.24, 2.45) is 0 Å². The number of aromatic amines is 1. The van der Waals surface area contributed by atoms with Gasteiger partial charge in [0.15, 0.2) is 0 Å². The molecular formula is C14H19N3. The molecule has 3 nitrogen and oxygen atoms in total. The second kappa shape index (κ2) is 6.86. The number of nitrogens with one attached hydrogen (secondary N) is 2. The molecule has 1 heterocycles. The Kier molecular flexibility index (Phi) is 4.79. The van der Waals surface area contributed by atoms with Crippen molar-refractivity contribution in [1.29, 1.82) is 0 Å². The molecule has 0 saturated carbocycles. The molecule has 0 bridgehead atoms. The van der Waals surface area contributed by atoms with E-state index in [1.807, 2.05) is 6.20 Å². The molecular weight excluding hydrogens is 210 g/mol. The van der Waals surface area contributed by atoms with Gasteiger partial charge in [-0.05, 0) is 24.9 Å². The van der Waals surface area contributed by atoms with E-state index in [2.05, 4.69) is 45.6 Å². The molecule has 0 unspecified atom stereocenters. The van der Waals surface area contributed by atoms with Gasteiger partial charge in [0.05, 0.1) is 6.33 Å². The number of benzene rings is 1. The van der Waals surface area contributed by atoms with E-state index in [4.69, 9.17) is 0 Å². The van der Waals surface area contributed by atoms with Gasteiger partial charge in [0.2, 0.25) is 0 Å². The molecule has 0 aliphatic rings. The molecule has 3 heteroatoms. The first-order valence-corrected chi connectivity index (χ1v) is 6.17. The minimum absolute atomic E-state index is 1.01. The van der Waals surface area contributed by atoms with Crippen LogP contribution in [0.2, 0.25) is 0 Å². The quantitative estimate of drug-likeness (QED) is 0.714. The van der Waals surface area contributed by atoms with Gasteiger partial charge < -0.3 is 10.3 Å². The number of nitrogens with zero attached hydrogens (tertiary/aromatic N) is 1. The number of imidazole rings is 1. The molecule has 0 fully saturated rings. The average molecular weight is 229 g/mol. The maximum atomic E-state index is 3.99. The molecule has 2 N–H and O–H groups in total. The highest BCUT2D eigenvalue weighted by Gasteiger charge is 1.94. The second-order valence-corrected chi connectivity index (χ2v) is 4.17. The molecule has 0 spiro atoms. The van der Waals surface area contributed by atoms with Crippen LogP contribution in [0.4, 0.5) is 0 Å². The lowest BCUT2D eigenvalue weighted by Crippen LogP contribution is -2.19. The van der Waals surface area contributed by atoms with Crippen LogP contribution in [0.1, 0.15) is 17.7 Å². The fourth-order valence-electron chi connectivity index (χ4n) is 1.83. The third kappa shape index (κ3) is 4.41. The SMILES string of the molecule is c1ccc(CCCNCCc2cnc[nH]2)cc1. The standard InChI is InChI=1S/C14H19N3/c1-2-5-13(6-3-1)7-4-9-15-10-8-14-11-16-12-17-14/h1-3,5-6,11-12,15H,4,7-10H2,(H,16,17). The van der Waals surface area contributed by atoms with E-state index in [1.165, 1.54) is 17.7 Å². The summed E-state index contributed by atoms with van der Waals surface area (Å²) in [7, 11) is 0. The van der Waals surface area contributed by atoms with Crippen LogP contribution < -0.4 is 5.32 Å². The monoisotopic (exact) mass is 229 g/mol. The minimum atomic E-state index is 1.01. The lowest BCUT2D eigenvalue weighted by Gasteiger charge is -2.04. The van der Waals surface area contributed by atoms with Gasteiger partial charge in [0.1, 0.15) is 0 Å². The number of aromatic nitrogens is 2. The molecule has 17 heavy (non-hydrogen) atoms. The van der Waals surface area contributed by atoms with Crippen LogP contribution >= 0.6 is 0 Å². The van der Waals surface area contributed by atoms with Crippen molar-refractivity contribution in [3.8, 4) is 0 Å². The van der Waals surface area contributed by atoms with Crippen LogP contribution in [0.5, 0.6) is 0 Å². The summed E-state index contributed by atoms with van der Waals surface area (Å²) < 4.78 is 0. The third-order valence-electron chi connectivity index (χ3n) is 2.79. The van der Waals surface area contributed by atoms with E-state index < -0.39 is 0 Å². The molecule has 0 saturated heterocycles. The van der Waals surface area contributed by atoms with Crippen molar-refractivity contribution >= 4 is 0 Å². The molecule has 1 aromatic heterocycles. The maximum Gasteiger partial charge on any atom is 0.0921 e. The Morgan fingerprint density at radius 1 is 1.06 bits per heavy atom. The first kappa shape index (κ1) is 11.9. The number of hydrogen-bond donors (Lipinski definition) is 2. The summed E-state index contributed by atoms with van der Waals surface area (Å²) in [5.41, 5.74) is 2.61. The molecule has 0 aliphatic heterocycles. The van der Waals surface area contributed by atoms with Crippen LogP contribution in [0.25, 0.3) is 0 Å². The first-order chi connectivity index (χ1) is 8.45. The topological polar surface area (TPSA) is 40.7 Å². The van der Waals surface area contributed by atoms with E-state index in [9.17, 15) is 0 Å². The smallest absolute Gasteiger partial charge is 0.0921 e. The van der Waals surface area contributed by atoms with E-state index in [-0.39, 0.29) is 0 Å². The molecule has 0 radical (unpaired) electrons. The minimum Gasteiger partial charge on any atom is -0.348 e. The van der Waals surface area contributed by atoms with Crippen LogP contribution in [-0.2, 0) is 12.8 Å². The Labute approximate surface area is 102 Å². The van der Waals surface area contributed by atoms with E-state index in [1.54, 1.807) is 6.33 Å². The van der Waals surface area contributed by atoms with E-state index >= 15 is 0 Å². The third-order valence-corrected chi connectivity index (χ3v) is 2.79.